The van der Waals surface area contributed by atoms with Gasteiger partial charge in [0.15, 0.2) is 0 Å². The Morgan fingerprint density at radius 1 is 1.03 bits per heavy atom. The molecule has 0 aliphatic rings. The molecule has 0 aliphatic carbocycles. The van der Waals surface area contributed by atoms with Crippen LogP contribution < -0.4 is 4.72 Å². The number of aryl methyl sites for hydroxylation is 2. The van der Waals surface area contributed by atoms with Crippen LogP contribution in [0.5, 0.6) is 0 Å². The van der Waals surface area contributed by atoms with Crippen molar-refractivity contribution in [3.8, 4) is 0 Å². The quantitative estimate of drug-likeness (QED) is 0.587. The highest BCUT2D eigenvalue weighted by Crippen LogP contribution is 2.20. The Morgan fingerprint density at radius 2 is 1.63 bits per heavy atom. The molecule has 0 spiro atoms. The third-order valence-electron chi connectivity index (χ3n) is 4.72. The van der Waals surface area contributed by atoms with Gasteiger partial charge in [0.25, 0.3) is 0 Å². The van der Waals surface area contributed by atoms with Crippen LogP contribution in [0.25, 0.3) is 0 Å². The van der Waals surface area contributed by atoms with Gasteiger partial charge in [-0.05, 0) is 64.7 Å². The van der Waals surface area contributed by atoms with Crippen molar-refractivity contribution in [3.05, 3.63) is 65.7 Å². The fraction of sp³-hybridized carbons (Fsp3) is 0.458. The zero-order valence-electron chi connectivity index (χ0n) is 18.5. The fourth-order valence-corrected chi connectivity index (χ4v) is 4.42. The molecule has 2 aromatic rings. The molecule has 6 heteroatoms. The zero-order valence-corrected chi connectivity index (χ0v) is 19.3. The SMILES string of the molecule is Cc1ccc(S(=O)(=O)NC(CCc2ccccc2)CC(C)C(=O)OC(C)(C)C)cc1. The Labute approximate surface area is 180 Å². The molecule has 1 N–H and O–H groups in total. The normalized spacial score (nSPS) is 14.2. The van der Waals surface area contributed by atoms with Gasteiger partial charge < -0.3 is 4.74 Å². The number of hydrogen-bond donors (Lipinski definition) is 1. The van der Waals surface area contributed by atoms with E-state index in [0.717, 1.165) is 11.1 Å². The van der Waals surface area contributed by atoms with E-state index >= 15 is 0 Å². The summed E-state index contributed by atoms with van der Waals surface area (Å²) >= 11 is 0. The average molecular weight is 432 g/mol. The number of ether oxygens (including phenoxy) is 1. The molecule has 0 fully saturated rings. The summed E-state index contributed by atoms with van der Waals surface area (Å²) in [6.45, 7) is 9.17. The maximum Gasteiger partial charge on any atom is 0.309 e. The minimum absolute atomic E-state index is 0.225. The number of sulfonamides is 1. The highest BCUT2D eigenvalue weighted by Gasteiger charge is 2.27. The lowest BCUT2D eigenvalue weighted by Crippen LogP contribution is -2.38. The average Bonchev–Trinajstić information content (AvgIpc) is 2.65. The highest BCUT2D eigenvalue weighted by molar-refractivity contribution is 7.89. The van der Waals surface area contributed by atoms with Crippen LogP contribution in [-0.4, -0.2) is 26.0 Å². The molecular formula is C24H33NO4S. The minimum Gasteiger partial charge on any atom is -0.460 e. The predicted octanol–water partition coefficient (Wildman–Crippen LogP) is 4.64. The first-order chi connectivity index (χ1) is 14.0. The smallest absolute Gasteiger partial charge is 0.309 e. The molecule has 2 aromatic carbocycles. The van der Waals surface area contributed by atoms with E-state index in [0.29, 0.717) is 19.3 Å². The van der Waals surface area contributed by atoms with Crippen molar-refractivity contribution in [2.45, 2.75) is 70.4 Å². The fourth-order valence-electron chi connectivity index (χ4n) is 3.14. The van der Waals surface area contributed by atoms with Crippen LogP contribution in [0.2, 0.25) is 0 Å². The molecule has 30 heavy (non-hydrogen) atoms. The van der Waals surface area contributed by atoms with Crippen molar-refractivity contribution in [1.82, 2.24) is 4.72 Å². The number of esters is 1. The molecule has 0 saturated heterocycles. The first-order valence-electron chi connectivity index (χ1n) is 10.3. The summed E-state index contributed by atoms with van der Waals surface area (Å²) in [5, 5.41) is 0. The summed E-state index contributed by atoms with van der Waals surface area (Å²) in [6, 6.07) is 16.3. The number of carbonyl (C=O) groups excluding carboxylic acids is 1. The number of carbonyl (C=O) groups is 1. The van der Waals surface area contributed by atoms with Gasteiger partial charge in [0.2, 0.25) is 10.0 Å². The number of benzene rings is 2. The van der Waals surface area contributed by atoms with Crippen molar-refractivity contribution >= 4 is 16.0 Å². The van der Waals surface area contributed by atoms with E-state index < -0.39 is 21.5 Å². The lowest BCUT2D eigenvalue weighted by Gasteiger charge is -2.25. The van der Waals surface area contributed by atoms with E-state index in [1.54, 1.807) is 31.2 Å². The van der Waals surface area contributed by atoms with Gasteiger partial charge in [0, 0.05) is 6.04 Å². The molecule has 0 heterocycles. The van der Waals surface area contributed by atoms with Crippen LogP contribution in [0.1, 0.15) is 51.7 Å². The molecule has 0 aliphatic heterocycles. The van der Waals surface area contributed by atoms with Gasteiger partial charge in [0.1, 0.15) is 5.60 Å². The molecular weight excluding hydrogens is 398 g/mol. The number of hydrogen-bond acceptors (Lipinski definition) is 4. The van der Waals surface area contributed by atoms with E-state index in [-0.39, 0.29) is 16.9 Å². The van der Waals surface area contributed by atoms with Crippen molar-refractivity contribution in [3.63, 3.8) is 0 Å². The van der Waals surface area contributed by atoms with Crippen LogP contribution in [0.4, 0.5) is 0 Å². The van der Waals surface area contributed by atoms with Gasteiger partial charge in [-0.15, -0.1) is 0 Å². The van der Waals surface area contributed by atoms with Gasteiger partial charge in [-0.2, -0.15) is 0 Å². The number of rotatable bonds is 9. The zero-order chi connectivity index (χ0) is 22.4. The summed E-state index contributed by atoms with van der Waals surface area (Å²) in [7, 11) is -3.69. The van der Waals surface area contributed by atoms with Crippen LogP contribution in [0, 0.1) is 12.8 Å². The molecule has 0 aromatic heterocycles. The molecule has 2 unspecified atom stereocenters. The van der Waals surface area contributed by atoms with E-state index in [9.17, 15) is 13.2 Å². The second-order valence-electron chi connectivity index (χ2n) is 8.83. The third kappa shape index (κ3) is 7.92. The lowest BCUT2D eigenvalue weighted by molar-refractivity contribution is -0.159. The topological polar surface area (TPSA) is 72.5 Å². The van der Waals surface area contributed by atoms with Crippen LogP contribution >= 0.6 is 0 Å². The summed E-state index contributed by atoms with van der Waals surface area (Å²) in [5.74, 6) is -0.743. The number of nitrogens with one attached hydrogen (secondary N) is 1. The van der Waals surface area contributed by atoms with E-state index in [4.69, 9.17) is 4.74 Å². The highest BCUT2D eigenvalue weighted by atomic mass is 32.2. The van der Waals surface area contributed by atoms with Crippen molar-refractivity contribution < 1.29 is 17.9 Å². The van der Waals surface area contributed by atoms with Gasteiger partial charge in [0.05, 0.1) is 10.8 Å². The molecule has 0 saturated carbocycles. The molecule has 0 radical (unpaired) electrons. The Balaban J connectivity index is 2.15. The first-order valence-corrected chi connectivity index (χ1v) is 11.8. The predicted molar refractivity (Wildman–Crippen MR) is 120 cm³/mol. The largest absolute Gasteiger partial charge is 0.460 e. The summed E-state index contributed by atoms with van der Waals surface area (Å²) in [6.07, 6.45) is 1.66. The first kappa shape index (κ1) is 24.1. The van der Waals surface area contributed by atoms with Crippen LogP contribution in [0.3, 0.4) is 0 Å². The van der Waals surface area contributed by atoms with Crippen LogP contribution in [0.15, 0.2) is 59.5 Å². The maximum absolute atomic E-state index is 12.9. The summed E-state index contributed by atoms with van der Waals surface area (Å²) in [5.41, 5.74) is 1.54. The van der Waals surface area contributed by atoms with E-state index in [1.165, 1.54) is 0 Å². The molecule has 2 atom stereocenters. The van der Waals surface area contributed by atoms with Gasteiger partial charge >= 0.3 is 5.97 Å². The monoisotopic (exact) mass is 431 g/mol. The molecule has 0 amide bonds. The van der Waals surface area contributed by atoms with Crippen molar-refractivity contribution in [2.75, 3.05) is 0 Å². The van der Waals surface area contributed by atoms with E-state index in [2.05, 4.69) is 4.72 Å². The van der Waals surface area contributed by atoms with E-state index in [1.807, 2.05) is 58.0 Å². The van der Waals surface area contributed by atoms with Crippen molar-refractivity contribution in [2.24, 2.45) is 5.92 Å². The maximum atomic E-state index is 12.9. The minimum atomic E-state index is -3.69. The third-order valence-corrected chi connectivity index (χ3v) is 6.26. The Morgan fingerprint density at radius 3 is 2.20 bits per heavy atom. The molecule has 164 valence electrons. The Hall–Kier alpha value is -2.18. The lowest BCUT2D eigenvalue weighted by atomic mass is 9.97. The summed E-state index contributed by atoms with van der Waals surface area (Å²) in [4.78, 5) is 12.7. The van der Waals surface area contributed by atoms with Gasteiger partial charge in [-0.3, -0.25) is 4.79 Å². The second-order valence-corrected chi connectivity index (χ2v) is 10.5. The molecule has 2 rings (SSSR count). The Bertz CT molecular complexity index is 916. The van der Waals surface area contributed by atoms with Gasteiger partial charge in [-0.25, -0.2) is 13.1 Å². The van der Waals surface area contributed by atoms with Crippen molar-refractivity contribution in [1.29, 1.82) is 0 Å². The van der Waals surface area contributed by atoms with Crippen LogP contribution in [-0.2, 0) is 26.0 Å². The van der Waals surface area contributed by atoms with Gasteiger partial charge in [-0.1, -0.05) is 55.0 Å². The Kier molecular flexibility index (Phi) is 8.21. The summed E-state index contributed by atoms with van der Waals surface area (Å²) < 4.78 is 34.1. The molecule has 0 bridgehead atoms. The second kappa shape index (κ2) is 10.2. The molecule has 5 nitrogen and oxygen atoms in total. The standard InChI is InChI=1S/C24H33NO4S/c1-18-11-15-22(16-12-18)30(27,28)25-21(14-13-20-9-7-6-8-10-20)17-19(2)23(26)29-24(3,4)5/h6-12,15-16,19,21,25H,13-14,17H2,1-5H3.